The molecule has 56 valence electrons. The lowest BCUT2D eigenvalue weighted by Gasteiger charge is -1.99. The monoisotopic (exact) mass is 140 g/mol. The lowest BCUT2D eigenvalue weighted by molar-refractivity contribution is -0.138. The Labute approximate surface area is 60.9 Å². The summed E-state index contributed by atoms with van der Waals surface area (Å²) in [6.45, 7) is 2.31. The van der Waals surface area contributed by atoms with E-state index in [1.165, 1.54) is 0 Å². The molecule has 2 nitrogen and oxygen atoms in total. The molecule has 1 aliphatic rings. The highest BCUT2D eigenvalue weighted by Crippen LogP contribution is 2.18. The maximum Gasteiger partial charge on any atom is 0.333 e. The Balaban J connectivity index is 2.40. The Morgan fingerprint density at radius 1 is 1.80 bits per heavy atom. The fourth-order valence-electron chi connectivity index (χ4n) is 1.08. The summed E-state index contributed by atoms with van der Waals surface area (Å²) in [6.07, 6.45) is 5.01. The molecule has 0 unspecified atom stereocenters. The molecule has 0 saturated carbocycles. The first kappa shape index (κ1) is 7.32. The van der Waals surface area contributed by atoms with E-state index in [4.69, 9.17) is 4.74 Å². The molecule has 0 aromatic rings. The topological polar surface area (TPSA) is 26.3 Å². The van der Waals surface area contributed by atoms with Gasteiger partial charge in [-0.15, -0.1) is 0 Å². The minimum absolute atomic E-state index is 0.125. The van der Waals surface area contributed by atoms with Gasteiger partial charge in [-0.1, -0.05) is 6.08 Å². The number of carbonyl (C=O) groups excluding carboxylic acids is 1. The van der Waals surface area contributed by atoms with E-state index in [1.807, 2.05) is 13.0 Å². The molecule has 0 atom stereocenters. The predicted octanol–water partition coefficient (Wildman–Crippen LogP) is 1.66. The summed E-state index contributed by atoms with van der Waals surface area (Å²) in [6, 6.07) is 0. The van der Waals surface area contributed by atoms with Crippen LogP contribution in [0.25, 0.3) is 0 Å². The second-order valence-corrected chi connectivity index (χ2v) is 2.34. The van der Waals surface area contributed by atoms with E-state index in [-0.39, 0.29) is 5.97 Å². The van der Waals surface area contributed by atoms with Gasteiger partial charge < -0.3 is 4.74 Å². The van der Waals surface area contributed by atoms with Gasteiger partial charge in [0.25, 0.3) is 0 Å². The standard InChI is InChI=1S/C8H12O2/c1-2-10-8(9)7-5-3-4-6-7/h5H,2-4,6H2,1H3. The van der Waals surface area contributed by atoms with Crippen molar-refractivity contribution in [3.8, 4) is 0 Å². The fraction of sp³-hybridized carbons (Fsp3) is 0.625. The van der Waals surface area contributed by atoms with Gasteiger partial charge in [0.15, 0.2) is 0 Å². The number of esters is 1. The van der Waals surface area contributed by atoms with Crippen LogP contribution in [-0.2, 0) is 9.53 Å². The molecule has 0 heterocycles. The highest BCUT2D eigenvalue weighted by molar-refractivity contribution is 5.88. The molecule has 0 bridgehead atoms. The summed E-state index contributed by atoms with van der Waals surface area (Å²) >= 11 is 0. The molecule has 1 rings (SSSR count). The van der Waals surface area contributed by atoms with Crippen LogP contribution in [0.2, 0.25) is 0 Å². The molecule has 0 aromatic carbocycles. The Hall–Kier alpha value is -0.790. The second kappa shape index (κ2) is 3.40. The second-order valence-electron chi connectivity index (χ2n) is 2.34. The fourth-order valence-corrected chi connectivity index (χ4v) is 1.08. The molecule has 0 aliphatic heterocycles. The van der Waals surface area contributed by atoms with E-state index in [2.05, 4.69) is 0 Å². The molecule has 2 heteroatoms. The maximum absolute atomic E-state index is 11.0. The van der Waals surface area contributed by atoms with Crippen molar-refractivity contribution in [1.29, 1.82) is 0 Å². The van der Waals surface area contributed by atoms with Crippen molar-refractivity contribution < 1.29 is 9.53 Å². The molecule has 0 fully saturated rings. The van der Waals surface area contributed by atoms with Crippen LogP contribution in [-0.4, -0.2) is 12.6 Å². The SMILES string of the molecule is CCOC(=O)C1=CCCC1. The lowest BCUT2D eigenvalue weighted by atomic mass is 10.2. The van der Waals surface area contributed by atoms with Crippen molar-refractivity contribution in [2.75, 3.05) is 6.61 Å². The van der Waals surface area contributed by atoms with E-state index >= 15 is 0 Å². The molecule has 0 saturated heterocycles. The van der Waals surface area contributed by atoms with Crippen molar-refractivity contribution in [2.45, 2.75) is 26.2 Å². The summed E-state index contributed by atoms with van der Waals surface area (Å²) in [5.74, 6) is -0.125. The van der Waals surface area contributed by atoms with Gasteiger partial charge in [-0.2, -0.15) is 0 Å². The van der Waals surface area contributed by atoms with Gasteiger partial charge in [0.1, 0.15) is 0 Å². The zero-order valence-electron chi connectivity index (χ0n) is 6.22. The number of ether oxygens (including phenoxy) is 1. The summed E-state index contributed by atoms with van der Waals surface area (Å²) in [5.41, 5.74) is 0.863. The largest absolute Gasteiger partial charge is 0.463 e. The molecule has 0 N–H and O–H groups in total. The maximum atomic E-state index is 11.0. The van der Waals surface area contributed by atoms with Crippen LogP contribution in [0.5, 0.6) is 0 Å². The van der Waals surface area contributed by atoms with E-state index in [0.29, 0.717) is 6.61 Å². The first-order chi connectivity index (χ1) is 4.84. The van der Waals surface area contributed by atoms with E-state index in [1.54, 1.807) is 0 Å². The quantitative estimate of drug-likeness (QED) is 0.545. The van der Waals surface area contributed by atoms with Gasteiger partial charge >= 0.3 is 5.97 Å². The molecule has 0 amide bonds. The number of carbonyl (C=O) groups is 1. The minimum Gasteiger partial charge on any atom is -0.463 e. The Kier molecular flexibility index (Phi) is 2.49. The number of hydrogen-bond donors (Lipinski definition) is 0. The Morgan fingerprint density at radius 2 is 2.60 bits per heavy atom. The van der Waals surface area contributed by atoms with Crippen LogP contribution in [0, 0.1) is 0 Å². The summed E-state index contributed by atoms with van der Waals surface area (Å²) in [7, 11) is 0. The molecule has 1 aliphatic carbocycles. The third-order valence-electron chi connectivity index (χ3n) is 1.58. The normalized spacial score (nSPS) is 16.7. The van der Waals surface area contributed by atoms with Crippen LogP contribution in [0.3, 0.4) is 0 Å². The van der Waals surface area contributed by atoms with Gasteiger partial charge in [0, 0.05) is 5.57 Å². The van der Waals surface area contributed by atoms with Gasteiger partial charge in [-0.05, 0) is 26.2 Å². The van der Waals surface area contributed by atoms with Crippen molar-refractivity contribution in [1.82, 2.24) is 0 Å². The van der Waals surface area contributed by atoms with Crippen LogP contribution >= 0.6 is 0 Å². The number of hydrogen-bond acceptors (Lipinski definition) is 2. The Morgan fingerprint density at radius 3 is 3.10 bits per heavy atom. The first-order valence-electron chi connectivity index (χ1n) is 3.70. The summed E-state index contributed by atoms with van der Waals surface area (Å²) in [4.78, 5) is 11.0. The summed E-state index contributed by atoms with van der Waals surface area (Å²) < 4.78 is 4.82. The van der Waals surface area contributed by atoms with Gasteiger partial charge in [0.05, 0.1) is 6.61 Å². The highest BCUT2D eigenvalue weighted by Gasteiger charge is 2.13. The van der Waals surface area contributed by atoms with E-state index in [9.17, 15) is 4.79 Å². The summed E-state index contributed by atoms with van der Waals surface area (Å²) in [5, 5.41) is 0. The van der Waals surface area contributed by atoms with E-state index in [0.717, 1.165) is 24.8 Å². The van der Waals surface area contributed by atoms with Crippen molar-refractivity contribution in [3.05, 3.63) is 11.6 Å². The highest BCUT2D eigenvalue weighted by atomic mass is 16.5. The average Bonchev–Trinajstić information content (AvgIpc) is 2.38. The van der Waals surface area contributed by atoms with Crippen LogP contribution in [0.15, 0.2) is 11.6 Å². The van der Waals surface area contributed by atoms with Gasteiger partial charge in [-0.25, -0.2) is 4.79 Å². The zero-order valence-corrected chi connectivity index (χ0v) is 6.22. The third kappa shape index (κ3) is 1.59. The lowest BCUT2D eigenvalue weighted by Crippen LogP contribution is -2.05. The molecule has 0 spiro atoms. The van der Waals surface area contributed by atoms with Gasteiger partial charge in [-0.3, -0.25) is 0 Å². The van der Waals surface area contributed by atoms with Crippen molar-refractivity contribution in [3.63, 3.8) is 0 Å². The molecular weight excluding hydrogens is 128 g/mol. The van der Waals surface area contributed by atoms with Crippen LogP contribution in [0.1, 0.15) is 26.2 Å². The molecule has 10 heavy (non-hydrogen) atoms. The third-order valence-corrected chi connectivity index (χ3v) is 1.58. The predicted molar refractivity (Wildman–Crippen MR) is 38.6 cm³/mol. The first-order valence-corrected chi connectivity index (χ1v) is 3.70. The van der Waals surface area contributed by atoms with E-state index < -0.39 is 0 Å². The van der Waals surface area contributed by atoms with Crippen molar-refractivity contribution >= 4 is 5.97 Å². The van der Waals surface area contributed by atoms with Gasteiger partial charge in [0.2, 0.25) is 0 Å². The zero-order chi connectivity index (χ0) is 7.40. The van der Waals surface area contributed by atoms with Crippen molar-refractivity contribution in [2.24, 2.45) is 0 Å². The van der Waals surface area contributed by atoms with Crippen LogP contribution in [0.4, 0.5) is 0 Å². The molecule has 0 radical (unpaired) electrons. The number of rotatable bonds is 2. The smallest absolute Gasteiger partial charge is 0.333 e. The molecular formula is C8H12O2. The molecule has 0 aromatic heterocycles. The average molecular weight is 140 g/mol. The number of allylic oxidation sites excluding steroid dienone is 1. The minimum atomic E-state index is -0.125. The Bertz CT molecular complexity index is 159. The van der Waals surface area contributed by atoms with Crippen LogP contribution < -0.4 is 0 Å².